The summed E-state index contributed by atoms with van der Waals surface area (Å²) in [4.78, 5) is 22.1. The summed E-state index contributed by atoms with van der Waals surface area (Å²) in [6.07, 6.45) is 5.44. The Bertz CT molecular complexity index is 1520. The fourth-order valence-corrected chi connectivity index (χ4v) is 5.08. The topological polar surface area (TPSA) is 136 Å². The molecule has 1 fully saturated rings. The average Bonchev–Trinajstić information content (AvgIpc) is 3.34. The molecule has 178 valence electrons. The molecule has 34 heavy (non-hydrogen) atoms. The van der Waals surface area contributed by atoms with Gasteiger partial charge in [0, 0.05) is 30.9 Å². The zero-order valence-electron chi connectivity index (χ0n) is 19.2. The van der Waals surface area contributed by atoms with E-state index in [-0.39, 0.29) is 22.3 Å². The molecule has 0 unspecified atom stereocenters. The summed E-state index contributed by atoms with van der Waals surface area (Å²) < 4.78 is 28.4. The molecule has 3 aromatic heterocycles. The summed E-state index contributed by atoms with van der Waals surface area (Å²) in [5, 5.41) is 15.8. The largest absolute Gasteiger partial charge is 0.354 e. The molecule has 4 aromatic rings. The Morgan fingerprint density at radius 2 is 2.03 bits per heavy atom. The van der Waals surface area contributed by atoms with Gasteiger partial charge in [0.1, 0.15) is 6.04 Å². The Hall–Kier alpha value is -3.54. The van der Waals surface area contributed by atoms with Crippen molar-refractivity contribution in [2.75, 3.05) is 18.1 Å². The van der Waals surface area contributed by atoms with E-state index in [4.69, 9.17) is 10.1 Å². The van der Waals surface area contributed by atoms with Crippen molar-refractivity contribution in [2.45, 2.75) is 50.6 Å². The SMILES string of the molecule is CCn1cc(-c2nc3c4cccc(S(C)(=O)=O)c4nc(N[C@@H]4CCCCNC4=O)n3n2)c(C)n1. The molecule has 1 amide bonds. The molecule has 1 saturated heterocycles. The van der Waals surface area contributed by atoms with Crippen molar-refractivity contribution in [3.8, 4) is 11.4 Å². The van der Waals surface area contributed by atoms with Crippen LogP contribution in [-0.4, -0.2) is 62.5 Å². The highest BCUT2D eigenvalue weighted by molar-refractivity contribution is 7.91. The summed E-state index contributed by atoms with van der Waals surface area (Å²) in [5.41, 5.74) is 2.29. The van der Waals surface area contributed by atoms with E-state index >= 15 is 0 Å². The number of nitrogens with zero attached hydrogens (tertiary/aromatic N) is 6. The first kappa shape index (κ1) is 22.3. The van der Waals surface area contributed by atoms with Crippen molar-refractivity contribution < 1.29 is 13.2 Å². The molecule has 11 nitrogen and oxygen atoms in total. The first-order chi connectivity index (χ1) is 16.3. The van der Waals surface area contributed by atoms with E-state index in [1.807, 2.05) is 24.7 Å². The van der Waals surface area contributed by atoms with E-state index in [2.05, 4.69) is 20.7 Å². The fourth-order valence-electron chi connectivity index (χ4n) is 4.24. The van der Waals surface area contributed by atoms with E-state index in [9.17, 15) is 13.2 Å². The Balaban J connectivity index is 1.76. The third-order valence-electron chi connectivity index (χ3n) is 6.01. The highest BCUT2D eigenvalue weighted by atomic mass is 32.2. The number of hydrogen-bond acceptors (Lipinski definition) is 8. The van der Waals surface area contributed by atoms with Gasteiger partial charge in [-0.3, -0.25) is 9.48 Å². The van der Waals surface area contributed by atoms with Crippen LogP contribution in [0.15, 0.2) is 29.3 Å². The number of aromatic nitrogens is 6. The summed E-state index contributed by atoms with van der Waals surface area (Å²) in [5.74, 6) is 0.592. The van der Waals surface area contributed by atoms with Crippen molar-refractivity contribution in [2.24, 2.45) is 0 Å². The zero-order chi connectivity index (χ0) is 24.0. The minimum atomic E-state index is -3.56. The van der Waals surface area contributed by atoms with Crippen molar-refractivity contribution in [1.82, 2.24) is 34.7 Å². The van der Waals surface area contributed by atoms with Crippen LogP contribution in [0.3, 0.4) is 0 Å². The summed E-state index contributed by atoms with van der Waals surface area (Å²) >= 11 is 0. The minimum Gasteiger partial charge on any atom is -0.354 e. The molecule has 1 atom stereocenters. The number of benzene rings is 1. The number of carbonyl (C=O) groups is 1. The van der Waals surface area contributed by atoms with Gasteiger partial charge in [-0.2, -0.15) is 9.61 Å². The van der Waals surface area contributed by atoms with Crippen LogP contribution >= 0.6 is 0 Å². The van der Waals surface area contributed by atoms with Gasteiger partial charge in [0.05, 0.1) is 21.7 Å². The lowest BCUT2D eigenvalue weighted by Gasteiger charge is -2.17. The van der Waals surface area contributed by atoms with E-state index in [0.29, 0.717) is 36.4 Å². The molecule has 4 heterocycles. The van der Waals surface area contributed by atoms with Gasteiger partial charge in [-0.25, -0.2) is 18.4 Å². The highest BCUT2D eigenvalue weighted by Gasteiger charge is 2.25. The first-order valence-corrected chi connectivity index (χ1v) is 13.1. The molecule has 1 aliphatic heterocycles. The number of sulfone groups is 1. The van der Waals surface area contributed by atoms with Crippen LogP contribution in [-0.2, 0) is 21.2 Å². The maximum atomic E-state index is 12.6. The maximum absolute atomic E-state index is 12.6. The van der Waals surface area contributed by atoms with E-state index in [0.717, 1.165) is 30.4 Å². The van der Waals surface area contributed by atoms with Crippen LogP contribution in [0.4, 0.5) is 5.95 Å². The Morgan fingerprint density at radius 1 is 1.21 bits per heavy atom. The van der Waals surface area contributed by atoms with Crippen molar-refractivity contribution in [1.29, 1.82) is 0 Å². The van der Waals surface area contributed by atoms with Gasteiger partial charge in [0.25, 0.3) is 0 Å². The number of fused-ring (bicyclic) bond motifs is 3. The van der Waals surface area contributed by atoms with E-state index in [1.54, 1.807) is 16.6 Å². The van der Waals surface area contributed by atoms with Crippen molar-refractivity contribution in [3.63, 3.8) is 0 Å². The molecule has 0 radical (unpaired) electrons. The molecule has 0 bridgehead atoms. The van der Waals surface area contributed by atoms with Gasteiger partial charge in [-0.1, -0.05) is 6.07 Å². The van der Waals surface area contributed by atoms with Gasteiger partial charge in [-0.15, -0.1) is 5.10 Å². The molecular weight excluding hydrogens is 456 g/mol. The number of carbonyl (C=O) groups excluding carboxylic acids is 1. The second-order valence-corrected chi connectivity index (χ2v) is 10.5. The average molecular weight is 483 g/mol. The first-order valence-electron chi connectivity index (χ1n) is 11.2. The van der Waals surface area contributed by atoms with Gasteiger partial charge < -0.3 is 10.6 Å². The summed E-state index contributed by atoms with van der Waals surface area (Å²) in [6.45, 7) is 5.22. The smallest absolute Gasteiger partial charge is 0.242 e. The monoisotopic (exact) mass is 482 g/mol. The molecule has 2 N–H and O–H groups in total. The van der Waals surface area contributed by atoms with Crippen LogP contribution in [0.5, 0.6) is 0 Å². The second kappa shape index (κ2) is 8.35. The predicted molar refractivity (Wildman–Crippen MR) is 127 cm³/mol. The number of nitrogens with one attached hydrogen (secondary N) is 2. The van der Waals surface area contributed by atoms with E-state index in [1.165, 1.54) is 6.07 Å². The Morgan fingerprint density at radius 3 is 2.76 bits per heavy atom. The van der Waals surface area contributed by atoms with Crippen LogP contribution in [0.25, 0.3) is 27.9 Å². The third-order valence-corrected chi connectivity index (χ3v) is 7.14. The minimum absolute atomic E-state index is 0.0976. The number of amides is 1. The molecule has 0 aliphatic carbocycles. The predicted octanol–water partition coefficient (Wildman–Crippen LogP) is 1.95. The molecule has 0 saturated carbocycles. The molecule has 5 rings (SSSR count). The quantitative estimate of drug-likeness (QED) is 0.441. The Kier molecular flexibility index (Phi) is 5.47. The molecule has 1 aliphatic rings. The maximum Gasteiger partial charge on any atom is 0.242 e. The number of para-hydroxylation sites is 1. The highest BCUT2D eigenvalue weighted by Crippen LogP contribution is 2.29. The number of aryl methyl sites for hydroxylation is 2. The van der Waals surface area contributed by atoms with Gasteiger partial charge in [-0.05, 0) is 45.2 Å². The van der Waals surface area contributed by atoms with Gasteiger partial charge in [0.2, 0.25) is 11.9 Å². The lowest BCUT2D eigenvalue weighted by molar-refractivity contribution is -0.121. The summed E-state index contributed by atoms with van der Waals surface area (Å²) in [6, 6.07) is 4.45. The van der Waals surface area contributed by atoms with Gasteiger partial charge in [0.15, 0.2) is 21.3 Å². The fraction of sp³-hybridized carbons (Fsp3) is 0.409. The summed E-state index contributed by atoms with van der Waals surface area (Å²) in [7, 11) is -3.56. The Labute approximate surface area is 196 Å². The molecular formula is C22H26N8O3S. The van der Waals surface area contributed by atoms with Crippen LogP contribution in [0, 0.1) is 6.92 Å². The van der Waals surface area contributed by atoms with Crippen LogP contribution in [0.2, 0.25) is 0 Å². The number of rotatable bonds is 5. The standard InChI is InChI=1S/C22H26N8O3S/c1-4-29-12-15(13(2)27-29)19-26-20-14-8-7-10-17(34(3,32)33)18(14)25-22(30(20)28-19)24-16-9-5-6-11-23-21(16)31/h7-8,10,12,16H,4-6,9,11H2,1-3H3,(H,23,31)(H,24,25)/t16-/m1/s1. The lowest BCUT2D eigenvalue weighted by Crippen LogP contribution is -2.38. The van der Waals surface area contributed by atoms with Crippen molar-refractivity contribution in [3.05, 3.63) is 30.1 Å². The van der Waals surface area contributed by atoms with E-state index < -0.39 is 15.9 Å². The third kappa shape index (κ3) is 3.87. The van der Waals surface area contributed by atoms with Crippen molar-refractivity contribution >= 4 is 38.2 Å². The number of hydrogen-bond donors (Lipinski definition) is 2. The van der Waals surface area contributed by atoms with Crippen LogP contribution in [0.1, 0.15) is 31.9 Å². The lowest BCUT2D eigenvalue weighted by atomic mass is 10.1. The van der Waals surface area contributed by atoms with Crippen LogP contribution < -0.4 is 10.6 Å². The second-order valence-electron chi connectivity index (χ2n) is 8.50. The molecule has 1 aromatic carbocycles. The molecule has 12 heteroatoms. The molecule has 0 spiro atoms. The van der Waals surface area contributed by atoms with Gasteiger partial charge >= 0.3 is 0 Å². The normalized spacial score (nSPS) is 17.1. The number of anilines is 1. The zero-order valence-corrected chi connectivity index (χ0v) is 20.1.